The highest BCUT2D eigenvalue weighted by atomic mass is 16.2. The van der Waals surface area contributed by atoms with Crippen LogP contribution >= 0.6 is 0 Å². The fourth-order valence-corrected chi connectivity index (χ4v) is 3.13. The molecule has 0 aliphatic carbocycles. The molecule has 6 nitrogen and oxygen atoms in total. The molecule has 3 rings (SSSR count). The lowest BCUT2D eigenvalue weighted by molar-refractivity contribution is -0.140. The maximum Gasteiger partial charge on any atom is 0.227 e. The van der Waals surface area contributed by atoms with E-state index in [2.05, 4.69) is 15.2 Å². The number of aryl methyl sites for hydroxylation is 1. The highest BCUT2D eigenvalue weighted by Gasteiger charge is 2.31. The van der Waals surface area contributed by atoms with Gasteiger partial charge in [-0.15, -0.1) is 0 Å². The summed E-state index contributed by atoms with van der Waals surface area (Å²) in [6.45, 7) is 9.46. The van der Waals surface area contributed by atoms with E-state index < -0.39 is 0 Å². The largest absolute Gasteiger partial charge is 0.342 e. The number of nitrogens with one attached hydrogen (secondary N) is 1. The summed E-state index contributed by atoms with van der Waals surface area (Å²) < 4.78 is 0. The Kier molecular flexibility index (Phi) is 4.39. The Hall–Kier alpha value is -2.24. The molecule has 1 N–H and O–H groups in total. The van der Waals surface area contributed by atoms with Crippen molar-refractivity contribution in [1.82, 2.24) is 25.1 Å². The third-order valence-corrected chi connectivity index (χ3v) is 4.44. The van der Waals surface area contributed by atoms with E-state index in [4.69, 9.17) is 4.98 Å². The molecule has 1 amide bonds. The Labute approximate surface area is 142 Å². The Balaban J connectivity index is 1.74. The molecule has 1 aliphatic rings. The first-order valence-electron chi connectivity index (χ1n) is 8.49. The average Bonchev–Trinajstić information content (AvgIpc) is 3.07. The lowest BCUT2D eigenvalue weighted by Crippen LogP contribution is -2.43. The molecular weight excluding hydrogens is 302 g/mol. The fourth-order valence-electron chi connectivity index (χ4n) is 3.13. The van der Waals surface area contributed by atoms with Crippen LogP contribution in [-0.4, -0.2) is 44.1 Å². The average molecular weight is 327 g/mol. The Morgan fingerprint density at radius 3 is 2.54 bits per heavy atom. The van der Waals surface area contributed by atoms with Gasteiger partial charge in [0.05, 0.1) is 11.4 Å². The van der Waals surface area contributed by atoms with Crippen LogP contribution in [0.4, 0.5) is 0 Å². The first kappa shape index (κ1) is 16.6. The van der Waals surface area contributed by atoms with Gasteiger partial charge in [0.1, 0.15) is 5.82 Å². The van der Waals surface area contributed by atoms with Crippen molar-refractivity contribution in [2.24, 2.45) is 5.41 Å². The molecule has 128 valence electrons. The molecule has 0 saturated carbocycles. The monoisotopic (exact) mass is 327 g/mol. The number of carbonyl (C=O) groups is 1. The SMILES string of the molecule is Cc1cc(-c2ccn[nH]2)nc(C2CCN(C(=O)C(C)(C)C)CC2)n1. The molecule has 0 atom stereocenters. The molecule has 2 aromatic rings. The van der Waals surface area contributed by atoms with Crippen LogP contribution in [-0.2, 0) is 4.79 Å². The molecule has 0 radical (unpaired) electrons. The number of aromatic amines is 1. The maximum atomic E-state index is 12.4. The van der Waals surface area contributed by atoms with E-state index in [-0.39, 0.29) is 11.3 Å². The van der Waals surface area contributed by atoms with Gasteiger partial charge >= 0.3 is 0 Å². The second-order valence-electron chi connectivity index (χ2n) is 7.54. The van der Waals surface area contributed by atoms with Crippen molar-refractivity contribution in [3.63, 3.8) is 0 Å². The van der Waals surface area contributed by atoms with E-state index in [1.165, 1.54) is 0 Å². The highest BCUT2D eigenvalue weighted by Crippen LogP contribution is 2.29. The zero-order valence-electron chi connectivity index (χ0n) is 14.8. The molecule has 24 heavy (non-hydrogen) atoms. The lowest BCUT2D eigenvalue weighted by atomic mass is 9.90. The van der Waals surface area contributed by atoms with E-state index in [1.807, 2.05) is 44.7 Å². The summed E-state index contributed by atoms with van der Waals surface area (Å²) >= 11 is 0. The fraction of sp³-hybridized carbons (Fsp3) is 0.556. The molecule has 1 saturated heterocycles. The standard InChI is InChI=1S/C18H25N5O/c1-12-11-15(14-5-8-19-22-14)21-16(20-12)13-6-9-23(10-7-13)17(24)18(2,3)4/h5,8,11,13H,6-7,9-10H2,1-4H3,(H,19,22). The predicted molar refractivity (Wildman–Crippen MR) is 92.4 cm³/mol. The molecule has 0 spiro atoms. The third kappa shape index (κ3) is 3.47. The molecule has 6 heteroatoms. The molecule has 3 heterocycles. The smallest absolute Gasteiger partial charge is 0.227 e. The van der Waals surface area contributed by atoms with E-state index in [1.54, 1.807) is 6.20 Å². The summed E-state index contributed by atoms with van der Waals surface area (Å²) in [4.78, 5) is 23.8. The van der Waals surface area contributed by atoms with Crippen LogP contribution in [0.2, 0.25) is 0 Å². The quantitative estimate of drug-likeness (QED) is 0.920. The van der Waals surface area contributed by atoms with Crippen molar-refractivity contribution in [1.29, 1.82) is 0 Å². The molecule has 0 aromatic carbocycles. The summed E-state index contributed by atoms with van der Waals surface area (Å²) in [6, 6.07) is 3.88. The van der Waals surface area contributed by atoms with Crippen LogP contribution in [0, 0.1) is 12.3 Å². The minimum absolute atomic E-state index is 0.226. The summed E-state index contributed by atoms with van der Waals surface area (Å²) in [7, 11) is 0. The molecule has 1 fully saturated rings. The number of nitrogens with zero attached hydrogens (tertiary/aromatic N) is 4. The topological polar surface area (TPSA) is 74.8 Å². The van der Waals surface area contributed by atoms with Gasteiger partial charge in [-0.25, -0.2) is 9.97 Å². The number of piperidine rings is 1. The van der Waals surface area contributed by atoms with Gasteiger partial charge in [0.2, 0.25) is 5.91 Å². The van der Waals surface area contributed by atoms with Gasteiger partial charge in [-0.05, 0) is 31.9 Å². The number of aromatic nitrogens is 4. The number of amides is 1. The van der Waals surface area contributed by atoms with Gasteiger partial charge < -0.3 is 4.90 Å². The van der Waals surface area contributed by atoms with E-state index >= 15 is 0 Å². The van der Waals surface area contributed by atoms with Gasteiger partial charge in [0, 0.05) is 36.3 Å². The molecular formula is C18H25N5O. The summed E-state index contributed by atoms with van der Waals surface area (Å²) in [5.41, 5.74) is 2.42. The molecule has 2 aromatic heterocycles. The summed E-state index contributed by atoms with van der Waals surface area (Å²) in [5.74, 6) is 1.40. The number of hydrogen-bond acceptors (Lipinski definition) is 4. The first-order valence-corrected chi connectivity index (χ1v) is 8.49. The first-order chi connectivity index (χ1) is 11.3. The van der Waals surface area contributed by atoms with E-state index in [0.29, 0.717) is 5.92 Å². The van der Waals surface area contributed by atoms with Gasteiger partial charge in [-0.3, -0.25) is 9.89 Å². The summed E-state index contributed by atoms with van der Waals surface area (Å²) in [6.07, 6.45) is 3.55. The Morgan fingerprint density at radius 1 is 1.25 bits per heavy atom. The minimum atomic E-state index is -0.319. The highest BCUT2D eigenvalue weighted by molar-refractivity contribution is 5.81. The molecule has 0 bridgehead atoms. The van der Waals surface area contributed by atoms with Crippen LogP contribution in [0.15, 0.2) is 18.3 Å². The van der Waals surface area contributed by atoms with Crippen LogP contribution in [0.25, 0.3) is 11.4 Å². The number of likely N-dealkylation sites (tertiary alicyclic amines) is 1. The van der Waals surface area contributed by atoms with Crippen molar-refractivity contribution in [3.8, 4) is 11.4 Å². The van der Waals surface area contributed by atoms with Crippen molar-refractivity contribution < 1.29 is 4.79 Å². The Morgan fingerprint density at radius 2 is 1.96 bits per heavy atom. The van der Waals surface area contributed by atoms with Crippen molar-refractivity contribution in [3.05, 3.63) is 29.8 Å². The minimum Gasteiger partial charge on any atom is -0.342 e. The lowest BCUT2D eigenvalue weighted by Gasteiger charge is -2.35. The second kappa shape index (κ2) is 6.34. The number of carbonyl (C=O) groups excluding carboxylic acids is 1. The van der Waals surface area contributed by atoms with Crippen LogP contribution in [0.3, 0.4) is 0 Å². The van der Waals surface area contributed by atoms with Crippen molar-refractivity contribution >= 4 is 5.91 Å². The van der Waals surface area contributed by atoms with Gasteiger partial charge in [-0.2, -0.15) is 5.10 Å². The molecule has 1 aliphatic heterocycles. The van der Waals surface area contributed by atoms with E-state index in [9.17, 15) is 4.79 Å². The Bertz CT molecular complexity index is 710. The zero-order chi connectivity index (χ0) is 17.3. The van der Waals surface area contributed by atoms with Crippen LogP contribution < -0.4 is 0 Å². The van der Waals surface area contributed by atoms with Crippen LogP contribution in [0.5, 0.6) is 0 Å². The van der Waals surface area contributed by atoms with Gasteiger partial charge in [0.15, 0.2) is 0 Å². The number of hydrogen-bond donors (Lipinski definition) is 1. The van der Waals surface area contributed by atoms with Crippen molar-refractivity contribution in [2.75, 3.05) is 13.1 Å². The summed E-state index contributed by atoms with van der Waals surface area (Å²) in [5, 5.41) is 6.95. The third-order valence-electron chi connectivity index (χ3n) is 4.44. The predicted octanol–water partition coefficient (Wildman–Crippen LogP) is 2.93. The molecule has 0 unspecified atom stereocenters. The van der Waals surface area contributed by atoms with Crippen LogP contribution in [0.1, 0.15) is 51.0 Å². The van der Waals surface area contributed by atoms with Gasteiger partial charge in [-0.1, -0.05) is 20.8 Å². The zero-order valence-corrected chi connectivity index (χ0v) is 14.8. The van der Waals surface area contributed by atoms with Crippen molar-refractivity contribution in [2.45, 2.75) is 46.5 Å². The maximum absolute atomic E-state index is 12.4. The number of H-pyrrole nitrogens is 1. The van der Waals surface area contributed by atoms with E-state index in [0.717, 1.165) is 48.8 Å². The second-order valence-corrected chi connectivity index (χ2v) is 7.54. The normalized spacial score (nSPS) is 16.4. The van der Waals surface area contributed by atoms with Gasteiger partial charge in [0.25, 0.3) is 0 Å². The number of rotatable bonds is 2.